The lowest BCUT2D eigenvalue weighted by Gasteiger charge is -2.09. The molecule has 2 aromatic carbocycles. The Balaban J connectivity index is 1.72. The highest BCUT2D eigenvalue weighted by molar-refractivity contribution is 9.10. The molecule has 0 saturated heterocycles. The van der Waals surface area contributed by atoms with E-state index >= 15 is 0 Å². The maximum Gasteiger partial charge on any atom is 0.257 e. The first-order chi connectivity index (χ1) is 10.1. The Morgan fingerprint density at radius 3 is 2.67 bits per heavy atom. The van der Waals surface area contributed by atoms with Crippen molar-refractivity contribution in [2.45, 2.75) is 6.42 Å². The van der Waals surface area contributed by atoms with Gasteiger partial charge in [0.15, 0.2) is 6.61 Å². The van der Waals surface area contributed by atoms with Crippen molar-refractivity contribution in [3.05, 3.63) is 64.4 Å². The molecular weight excluding hydrogens is 337 g/mol. The van der Waals surface area contributed by atoms with Crippen molar-refractivity contribution in [2.75, 3.05) is 13.2 Å². The molecule has 0 saturated carbocycles. The molecule has 0 fully saturated rings. The van der Waals surface area contributed by atoms with Gasteiger partial charge in [0.25, 0.3) is 5.91 Å². The Kier molecular flexibility index (Phi) is 5.75. The van der Waals surface area contributed by atoms with Crippen LogP contribution in [0.4, 0.5) is 4.39 Å². The number of hydrogen-bond donors (Lipinski definition) is 1. The Morgan fingerprint density at radius 2 is 1.95 bits per heavy atom. The molecule has 0 spiro atoms. The van der Waals surface area contributed by atoms with E-state index in [1.165, 1.54) is 23.8 Å². The Labute approximate surface area is 131 Å². The second kappa shape index (κ2) is 7.78. The van der Waals surface area contributed by atoms with Crippen LogP contribution in [0.1, 0.15) is 5.56 Å². The van der Waals surface area contributed by atoms with Crippen LogP contribution in [0.15, 0.2) is 53.0 Å². The van der Waals surface area contributed by atoms with E-state index in [4.69, 9.17) is 4.74 Å². The van der Waals surface area contributed by atoms with Gasteiger partial charge in [0.1, 0.15) is 11.6 Å². The Morgan fingerprint density at radius 1 is 1.19 bits per heavy atom. The molecule has 0 aliphatic carbocycles. The SMILES string of the molecule is O=C(COc1ccc(F)cc1Br)NCCc1ccccc1. The number of hydrogen-bond acceptors (Lipinski definition) is 2. The zero-order valence-electron chi connectivity index (χ0n) is 11.3. The maximum absolute atomic E-state index is 12.9. The smallest absolute Gasteiger partial charge is 0.257 e. The van der Waals surface area contributed by atoms with Gasteiger partial charge in [-0.15, -0.1) is 0 Å². The van der Waals surface area contributed by atoms with Crippen LogP contribution in [0.2, 0.25) is 0 Å². The van der Waals surface area contributed by atoms with Gasteiger partial charge in [-0.1, -0.05) is 30.3 Å². The molecule has 1 N–H and O–H groups in total. The van der Waals surface area contributed by atoms with Crippen molar-refractivity contribution in [1.82, 2.24) is 5.32 Å². The summed E-state index contributed by atoms with van der Waals surface area (Å²) in [5, 5.41) is 2.78. The summed E-state index contributed by atoms with van der Waals surface area (Å²) in [6, 6.07) is 14.0. The van der Waals surface area contributed by atoms with E-state index < -0.39 is 0 Å². The van der Waals surface area contributed by atoms with E-state index in [0.717, 1.165) is 6.42 Å². The third-order valence-corrected chi connectivity index (χ3v) is 3.45. The van der Waals surface area contributed by atoms with Crippen molar-refractivity contribution in [3.63, 3.8) is 0 Å². The van der Waals surface area contributed by atoms with E-state index in [1.807, 2.05) is 30.3 Å². The standard InChI is InChI=1S/C16H15BrFNO2/c17-14-10-13(18)6-7-15(14)21-11-16(20)19-9-8-12-4-2-1-3-5-12/h1-7,10H,8-9,11H2,(H,19,20). The molecular formula is C16H15BrFNO2. The molecule has 0 unspecified atom stereocenters. The lowest BCUT2D eigenvalue weighted by atomic mass is 10.1. The molecule has 0 atom stereocenters. The predicted octanol–water partition coefficient (Wildman–Crippen LogP) is 3.33. The summed E-state index contributed by atoms with van der Waals surface area (Å²) in [4.78, 5) is 11.7. The zero-order valence-corrected chi connectivity index (χ0v) is 12.9. The monoisotopic (exact) mass is 351 g/mol. The molecule has 21 heavy (non-hydrogen) atoms. The van der Waals surface area contributed by atoms with E-state index in [2.05, 4.69) is 21.2 Å². The normalized spacial score (nSPS) is 10.2. The number of rotatable bonds is 6. The van der Waals surface area contributed by atoms with Gasteiger partial charge in [-0.2, -0.15) is 0 Å². The minimum atomic E-state index is -0.360. The number of benzene rings is 2. The molecule has 2 rings (SSSR count). The Hall–Kier alpha value is -1.88. The van der Waals surface area contributed by atoms with Crippen LogP contribution in [-0.2, 0) is 11.2 Å². The summed E-state index contributed by atoms with van der Waals surface area (Å²) in [6.07, 6.45) is 0.771. The second-order valence-corrected chi connectivity index (χ2v) is 5.30. The van der Waals surface area contributed by atoms with E-state index in [0.29, 0.717) is 16.8 Å². The van der Waals surface area contributed by atoms with E-state index in [-0.39, 0.29) is 18.3 Å². The van der Waals surface area contributed by atoms with Crippen LogP contribution in [0.3, 0.4) is 0 Å². The van der Waals surface area contributed by atoms with Crippen LogP contribution >= 0.6 is 15.9 Å². The third kappa shape index (κ3) is 5.19. The summed E-state index contributed by atoms with van der Waals surface area (Å²) < 4.78 is 18.7. The average molecular weight is 352 g/mol. The second-order valence-electron chi connectivity index (χ2n) is 4.45. The highest BCUT2D eigenvalue weighted by Gasteiger charge is 2.06. The molecule has 0 aliphatic heterocycles. The van der Waals surface area contributed by atoms with Crippen molar-refractivity contribution in [3.8, 4) is 5.75 Å². The van der Waals surface area contributed by atoms with Gasteiger partial charge < -0.3 is 10.1 Å². The van der Waals surface area contributed by atoms with Crippen molar-refractivity contribution in [1.29, 1.82) is 0 Å². The summed E-state index contributed by atoms with van der Waals surface area (Å²) in [5.41, 5.74) is 1.17. The summed E-state index contributed by atoms with van der Waals surface area (Å²) in [5.74, 6) is -0.127. The number of amides is 1. The fourth-order valence-electron chi connectivity index (χ4n) is 1.78. The van der Waals surface area contributed by atoms with Gasteiger partial charge >= 0.3 is 0 Å². The van der Waals surface area contributed by atoms with Crippen LogP contribution < -0.4 is 10.1 Å². The molecule has 5 heteroatoms. The number of carbonyl (C=O) groups is 1. The minimum absolute atomic E-state index is 0.0982. The predicted molar refractivity (Wildman–Crippen MR) is 82.8 cm³/mol. The molecule has 0 bridgehead atoms. The van der Waals surface area contributed by atoms with Crippen molar-refractivity contribution < 1.29 is 13.9 Å². The largest absolute Gasteiger partial charge is 0.483 e. The quantitative estimate of drug-likeness (QED) is 0.866. The van der Waals surface area contributed by atoms with Crippen LogP contribution in [0.5, 0.6) is 5.75 Å². The van der Waals surface area contributed by atoms with E-state index in [9.17, 15) is 9.18 Å². The summed E-state index contributed by atoms with van der Waals surface area (Å²) >= 11 is 3.18. The number of halogens is 2. The first-order valence-electron chi connectivity index (χ1n) is 6.53. The molecule has 0 aliphatic rings. The molecule has 0 radical (unpaired) electrons. The van der Waals surface area contributed by atoms with Gasteiger partial charge in [0, 0.05) is 6.54 Å². The molecule has 0 heterocycles. The highest BCUT2D eigenvalue weighted by atomic mass is 79.9. The fraction of sp³-hybridized carbons (Fsp3) is 0.188. The van der Waals surface area contributed by atoms with Gasteiger partial charge in [-0.05, 0) is 46.1 Å². The van der Waals surface area contributed by atoms with Gasteiger partial charge in [-0.25, -0.2) is 4.39 Å². The fourth-order valence-corrected chi connectivity index (χ4v) is 2.24. The van der Waals surface area contributed by atoms with E-state index in [1.54, 1.807) is 0 Å². The number of nitrogens with one attached hydrogen (secondary N) is 1. The first-order valence-corrected chi connectivity index (χ1v) is 7.33. The Bertz CT molecular complexity index is 604. The first kappa shape index (κ1) is 15.5. The molecule has 2 aromatic rings. The third-order valence-electron chi connectivity index (χ3n) is 2.83. The zero-order chi connectivity index (χ0) is 15.1. The average Bonchev–Trinajstić information content (AvgIpc) is 2.47. The van der Waals surface area contributed by atoms with Crippen LogP contribution in [-0.4, -0.2) is 19.1 Å². The summed E-state index contributed by atoms with van der Waals surface area (Å²) in [7, 11) is 0. The van der Waals surface area contributed by atoms with Crippen molar-refractivity contribution >= 4 is 21.8 Å². The lowest BCUT2D eigenvalue weighted by molar-refractivity contribution is -0.123. The topological polar surface area (TPSA) is 38.3 Å². The van der Waals surface area contributed by atoms with Crippen LogP contribution in [0.25, 0.3) is 0 Å². The molecule has 3 nitrogen and oxygen atoms in total. The van der Waals surface area contributed by atoms with Gasteiger partial charge in [0.2, 0.25) is 0 Å². The molecule has 0 aromatic heterocycles. The summed E-state index contributed by atoms with van der Waals surface area (Å²) in [6.45, 7) is 0.454. The number of ether oxygens (including phenoxy) is 1. The van der Waals surface area contributed by atoms with Gasteiger partial charge in [0.05, 0.1) is 4.47 Å². The maximum atomic E-state index is 12.9. The number of carbonyl (C=O) groups excluding carboxylic acids is 1. The van der Waals surface area contributed by atoms with Crippen LogP contribution in [0, 0.1) is 5.82 Å². The molecule has 1 amide bonds. The lowest BCUT2D eigenvalue weighted by Crippen LogP contribution is -2.30. The highest BCUT2D eigenvalue weighted by Crippen LogP contribution is 2.25. The molecule has 110 valence electrons. The van der Waals surface area contributed by atoms with Crippen molar-refractivity contribution in [2.24, 2.45) is 0 Å². The van der Waals surface area contributed by atoms with Gasteiger partial charge in [-0.3, -0.25) is 4.79 Å². The minimum Gasteiger partial charge on any atom is -0.483 e.